The van der Waals surface area contributed by atoms with Gasteiger partial charge >= 0.3 is 5.97 Å². The van der Waals surface area contributed by atoms with Crippen LogP contribution in [0.2, 0.25) is 0 Å². The van der Waals surface area contributed by atoms with Gasteiger partial charge in [0.05, 0.1) is 5.75 Å². The molecule has 0 heterocycles. The Morgan fingerprint density at radius 1 is 0.958 bits per heavy atom. The number of aryl methyl sites for hydroxylation is 3. The average molecular weight is 343 g/mol. The van der Waals surface area contributed by atoms with Crippen LogP contribution in [0.3, 0.4) is 0 Å². The third kappa shape index (κ3) is 5.13. The first-order valence-corrected chi connectivity index (χ1v) is 8.66. The third-order valence-corrected chi connectivity index (χ3v) is 4.70. The number of benzene rings is 2. The van der Waals surface area contributed by atoms with Crippen molar-refractivity contribution in [3.05, 3.63) is 59.2 Å². The first-order chi connectivity index (χ1) is 11.5. The van der Waals surface area contributed by atoms with Gasteiger partial charge in [0, 0.05) is 10.6 Å². The summed E-state index contributed by atoms with van der Waals surface area (Å²) in [5.74, 6) is -0.553. The van der Waals surface area contributed by atoms with Crippen LogP contribution in [0.1, 0.15) is 16.7 Å². The van der Waals surface area contributed by atoms with Crippen LogP contribution in [0.4, 0.5) is 5.69 Å². The molecule has 1 amide bonds. The van der Waals surface area contributed by atoms with Crippen molar-refractivity contribution in [1.29, 1.82) is 0 Å². The zero-order chi connectivity index (χ0) is 17.5. The maximum Gasteiger partial charge on any atom is 0.316 e. The standard InChI is InChI=1S/C19H21NO3S/c1-13-7-4-5-10-16(13)24-12-18(22)23-11-17(21)20-19-14(2)8-6-9-15(19)3/h4-10H,11-12H2,1-3H3,(H,20,21). The van der Waals surface area contributed by atoms with E-state index in [1.54, 1.807) is 0 Å². The summed E-state index contributed by atoms with van der Waals surface area (Å²) in [6, 6.07) is 13.6. The van der Waals surface area contributed by atoms with Crippen LogP contribution < -0.4 is 5.32 Å². The summed E-state index contributed by atoms with van der Waals surface area (Å²) >= 11 is 1.41. The van der Waals surface area contributed by atoms with E-state index in [0.717, 1.165) is 27.3 Å². The van der Waals surface area contributed by atoms with E-state index in [4.69, 9.17) is 4.74 Å². The Kier molecular flexibility index (Phi) is 6.44. The maximum absolute atomic E-state index is 12.0. The summed E-state index contributed by atoms with van der Waals surface area (Å²) in [6.07, 6.45) is 0. The molecule has 0 radical (unpaired) electrons. The number of carbonyl (C=O) groups excluding carboxylic acids is 2. The van der Waals surface area contributed by atoms with Crippen molar-refractivity contribution < 1.29 is 14.3 Å². The highest BCUT2D eigenvalue weighted by atomic mass is 32.2. The molecular formula is C19H21NO3S. The Labute approximate surface area is 146 Å². The number of hydrogen-bond donors (Lipinski definition) is 1. The van der Waals surface area contributed by atoms with Gasteiger partial charge in [-0.2, -0.15) is 0 Å². The number of anilines is 1. The molecule has 0 saturated carbocycles. The summed E-state index contributed by atoms with van der Waals surface area (Å²) in [4.78, 5) is 24.8. The van der Waals surface area contributed by atoms with Crippen molar-refractivity contribution in [1.82, 2.24) is 0 Å². The summed E-state index contributed by atoms with van der Waals surface area (Å²) in [5, 5.41) is 2.79. The minimum Gasteiger partial charge on any atom is -0.455 e. The number of rotatable bonds is 6. The lowest BCUT2D eigenvalue weighted by Gasteiger charge is -2.11. The van der Waals surface area contributed by atoms with E-state index in [2.05, 4.69) is 5.32 Å². The summed E-state index contributed by atoms with van der Waals surface area (Å²) in [5.41, 5.74) is 3.84. The highest BCUT2D eigenvalue weighted by Crippen LogP contribution is 2.22. The Morgan fingerprint density at radius 2 is 1.58 bits per heavy atom. The molecule has 5 heteroatoms. The van der Waals surface area contributed by atoms with Gasteiger partial charge in [-0.05, 0) is 43.5 Å². The van der Waals surface area contributed by atoms with E-state index < -0.39 is 5.97 Å². The van der Waals surface area contributed by atoms with Gasteiger partial charge in [0.2, 0.25) is 0 Å². The van der Waals surface area contributed by atoms with Crippen molar-refractivity contribution in [3.8, 4) is 0 Å². The molecule has 126 valence electrons. The number of esters is 1. The lowest BCUT2D eigenvalue weighted by molar-refractivity contribution is -0.144. The zero-order valence-electron chi connectivity index (χ0n) is 14.1. The molecule has 24 heavy (non-hydrogen) atoms. The van der Waals surface area contributed by atoms with Gasteiger partial charge in [-0.15, -0.1) is 11.8 Å². The molecule has 4 nitrogen and oxygen atoms in total. The summed E-state index contributed by atoms with van der Waals surface area (Å²) < 4.78 is 5.05. The molecule has 2 rings (SSSR count). The second-order valence-corrected chi connectivity index (χ2v) is 6.55. The van der Waals surface area contributed by atoms with E-state index in [1.165, 1.54) is 11.8 Å². The molecule has 0 aromatic heterocycles. The highest BCUT2D eigenvalue weighted by Gasteiger charge is 2.11. The van der Waals surface area contributed by atoms with Gasteiger partial charge in [0.25, 0.3) is 5.91 Å². The fourth-order valence-corrected chi connectivity index (χ4v) is 3.06. The van der Waals surface area contributed by atoms with Crippen molar-refractivity contribution in [2.75, 3.05) is 17.7 Å². The van der Waals surface area contributed by atoms with E-state index in [-0.39, 0.29) is 18.3 Å². The van der Waals surface area contributed by atoms with E-state index in [0.29, 0.717) is 0 Å². The molecule has 0 aliphatic heterocycles. The lowest BCUT2D eigenvalue weighted by Crippen LogP contribution is -2.22. The van der Waals surface area contributed by atoms with Crippen molar-refractivity contribution in [3.63, 3.8) is 0 Å². The fraction of sp³-hybridized carbons (Fsp3) is 0.263. The average Bonchev–Trinajstić information content (AvgIpc) is 2.56. The smallest absolute Gasteiger partial charge is 0.316 e. The summed E-state index contributed by atoms with van der Waals surface area (Å²) in [6.45, 7) is 5.56. The number of amides is 1. The monoisotopic (exact) mass is 343 g/mol. The SMILES string of the molecule is Cc1ccccc1SCC(=O)OCC(=O)Nc1c(C)cccc1C. The Hall–Kier alpha value is -2.27. The summed E-state index contributed by atoms with van der Waals surface area (Å²) in [7, 11) is 0. The minimum absolute atomic E-state index is 0.182. The Morgan fingerprint density at radius 3 is 2.25 bits per heavy atom. The number of ether oxygens (including phenoxy) is 1. The molecule has 0 saturated heterocycles. The fourth-order valence-electron chi connectivity index (χ4n) is 2.23. The number of thioether (sulfide) groups is 1. The topological polar surface area (TPSA) is 55.4 Å². The molecule has 2 aromatic carbocycles. The number of para-hydroxylation sites is 1. The van der Waals surface area contributed by atoms with E-state index >= 15 is 0 Å². The van der Waals surface area contributed by atoms with Crippen LogP contribution in [0.15, 0.2) is 47.4 Å². The molecule has 0 spiro atoms. The van der Waals surface area contributed by atoms with Crippen LogP contribution in [-0.2, 0) is 14.3 Å². The van der Waals surface area contributed by atoms with Crippen LogP contribution >= 0.6 is 11.8 Å². The van der Waals surface area contributed by atoms with Gasteiger partial charge in [0.15, 0.2) is 6.61 Å². The molecule has 2 aromatic rings. The molecule has 0 aliphatic rings. The molecule has 0 fully saturated rings. The quantitative estimate of drug-likeness (QED) is 0.639. The van der Waals surface area contributed by atoms with E-state index in [1.807, 2.05) is 63.2 Å². The largest absolute Gasteiger partial charge is 0.455 e. The maximum atomic E-state index is 12.0. The predicted molar refractivity (Wildman–Crippen MR) is 97.4 cm³/mol. The lowest BCUT2D eigenvalue weighted by atomic mass is 10.1. The molecule has 0 atom stereocenters. The van der Waals surface area contributed by atoms with Gasteiger partial charge in [-0.25, -0.2) is 0 Å². The van der Waals surface area contributed by atoms with Crippen LogP contribution in [0, 0.1) is 20.8 Å². The number of hydrogen-bond acceptors (Lipinski definition) is 4. The van der Waals surface area contributed by atoms with Crippen LogP contribution in [0.5, 0.6) is 0 Å². The number of nitrogens with one attached hydrogen (secondary N) is 1. The molecule has 0 bridgehead atoms. The van der Waals surface area contributed by atoms with Gasteiger partial charge in [-0.3, -0.25) is 9.59 Å². The van der Waals surface area contributed by atoms with Crippen molar-refractivity contribution in [2.45, 2.75) is 25.7 Å². The van der Waals surface area contributed by atoms with Gasteiger partial charge < -0.3 is 10.1 Å². The zero-order valence-corrected chi connectivity index (χ0v) is 14.9. The molecular weight excluding hydrogens is 322 g/mol. The number of carbonyl (C=O) groups is 2. The predicted octanol–water partition coefficient (Wildman–Crippen LogP) is 3.89. The second kappa shape index (κ2) is 8.55. The third-order valence-electron chi connectivity index (χ3n) is 3.55. The molecule has 0 aliphatic carbocycles. The van der Waals surface area contributed by atoms with Gasteiger partial charge in [-0.1, -0.05) is 36.4 Å². The molecule has 1 N–H and O–H groups in total. The van der Waals surface area contributed by atoms with Crippen molar-refractivity contribution >= 4 is 29.3 Å². The van der Waals surface area contributed by atoms with E-state index in [9.17, 15) is 9.59 Å². The first-order valence-electron chi connectivity index (χ1n) is 7.67. The minimum atomic E-state index is -0.403. The van der Waals surface area contributed by atoms with Crippen LogP contribution in [0.25, 0.3) is 0 Å². The first kappa shape index (κ1) is 18.1. The highest BCUT2D eigenvalue weighted by molar-refractivity contribution is 8.00. The Balaban J connectivity index is 1.79. The Bertz CT molecular complexity index is 723. The molecule has 0 unspecified atom stereocenters. The van der Waals surface area contributed by atoms with Crippen molar-refractivity contribution in [2.24, 2.45) is 0 Å². The normalized spacial score (nSPS) is 10.3. The van der Waals surface area contributed by atoms with Gasteiger partial charge in [0.1, 0.15) is 0 Å². The second-order valence-electron chi connectivity index (χ2n) is 5.53. The van der Waals surface area contributed by atoms with Crippen LogP contribution in [-0.4, -0.2) is 24.2 Å².